The van der Waals surface area contributed by atoms with E-state index in [4.69, 9.17) is 16.3 Å². The smallest absolute Gasteiger partial charge is 0.0593 e. The second kappa shape index (κ2) is 9.20. The van der Waals surface area contributed by atoms with Crippen molar-refractivity contribution in [1.82, 2.24) is 4.90 Å². The SMILES string of the molecule is CCOCCN(CC)CCNc1cccc(Cl)c1. The highest BCUT2D eigenvalue weighted by molar-refractivity contribution is 6.30. The average molecular weight is 271 g/mol. The molecule has 0 radical (unpaired) electrons. The third-order valence-electron chi connectivity index (χ3n) is 2.78. The van der Waals surface area contributed by atoms with Gasteiger partial charge in [-0.1, -0.05) is 24.6 Å². The van der Waals surface area contributed by atoms with Gasteiger partial charge in [0, 0.05) is 37.0 Å². The van der Waals surface area contributed by atoms with E-state index in [1.165, 1.54) is 0 Å². The molecule has 102 valence electrons. The van der Waals surface area contributed by atoms with Crippen molar-refractivity contribution in [3.63, 3.8) is 0 Å². The predicted molar refractivity (Wildman–Crippen MR) is 78.5 cm³/mol. The molecule has 0 heterocycles. The molecule has 18 heavy (non-hydrogen) atoms. The van der Waals surface area contributed by atoms with Crippen LogP contribution in [-0.2, 0) is 4.74 Å². The average Bonchev–Trinajstić information content (AvgIpc) is 2.37. The summed E-state index contributed by atoms with van der Waals surface area (Å²) in [6, 6.07) is 7.81. The van der Waals surface area contributed by atoms with Gasteiger partial charge < -0.3 is 10.1 Å². The predicted octanol–water partition coefficient (Wildman–Crippen LogP) is 3.11. The molecule has 0 fully saturated rings. The topological polar surface area (TPSA) is 24.5 Å². The summed E-state index contributed by atoms with van der Waals surface area (Å²) in [5.41, 5.74) is 1.07. The lowest BCUT2D eigenvalue weighted by Crippen LogP contribution is -2.32. The van der Waals surface area contributed by atoms with Crippen LogP contribution in [0.4, 0.5) is 5.69 Å². The number of halogens is 1. The Morgan fingerprint density at radius 3 is 2.78 bits per heavy atom. The molecule has 1 rings (SSSR count). The minimum atomic E-state index is 0.767. The molecule has 0 atom stereocenters. The molecule has 0 unspecified atom stereocenters. The van der Waals surface area contributed by atoms with Crippen molar-refractivity contribution >= 4 is 17.3 Å². The standard InChI is InChI=1S/C14H23ClN2O/c1-3-17(10-11-18-4-2)9-8-16-14-7-5-6-13(15)12-14/h5-7,12,16H,3-4,8-11H2,1-2H3. The first kappa shape index (κ1) is 15.3. The van der Waals surface area contributed by atoms with Crippen LogP contribution in [0.25, 0.3) is 0 Å². The summed E-state index contributed by atoms with van der Waals surface area (Å²) in [5, 5.41) is 4.14. The first-order valence-corrected chi connectivity index (χ1v) is 6.93. The van der Waals surface area contributed by atoms with Gasteiger partial charge in [0.1, 0.15) is 0 Å². The number of likely N-dealkylation sites (N-methyl/N-ethyl adjacent to an activating group) is 1. The summed E-state index contributed by atoms with van der Waals surface area (Å²) in [7, 11) is 0. The van der Waals surface area contributed by atoms with Crippen LogP contribution < -0.4 is 5.32 Å². The molecule has 0 bridgehead atoms. The van der Waals surface area contributed by atoms with E-state index < -0.39 is 0 Å². The molecule has 1 N–H and O–H groups in total. The summed E-state index contributed by atoms with van der Waals surface area (Å²) >= 11 is 5.93. The van der Waals surface area contributed by atoms with E-state index in [1.807, 2.05) is 31.2 Å². The van der Waals surface area contributed by atoms with Gasteiger partial charge in [0.15, 0.2) is 0 Å². The Morgan fingerprint density at radius 1 is 1.28 bits per heavy atom. The van der Waals surface area contributed by atoms with Gasteiger partial charge in [0.25, 0.3) is 0 Å². The number of nitrogens with one attached hydrogen (secondary N) is 1. The number of hydrogen-bond donors (Lipinski definition) is 1. The van der Waals surface area contributed by atoms with E-state index in [-0.39, 0.29) is 0 Å². The van der Waals surface area contributed by atoms with E-state index in [1.54, 1.807) is 0 Å². The monoisotopic (exact) mass is 270 g/mol. The Labute approximate surface area is 115 Å². The fourth-order valence-corrected chi connectivity index (χ4v) is 1.91. The summed E-state index contributed by atoms with van der Waals surface area (Å²) in [4.78, 5) is 2.37. The van der Waals surface area contributed by atoms with Crippen LogP contribution >= 0.6 is 11.6 Å². The normalized spacial score (nSPS) is 10.9. The van der Waals surface area contributed by atoms with Crippen molar-refractivity contribution in [1.29, 1.82) is 0 Å². The zero-order valence-corrected chi connectivity index (χ0v) is 12.0. The molecule has 0 aliphatic heterocycles. The van der Waals surface area contributed by atoms with Gasteiger partial charge >= 0.3 is 0 Å². The molecule has 4 heteroatoms. The van der Waals surface area contributed by atoms with Crippen molar-refractivity contribution < 1.29 is 4.74 Å². The number of benzene rings is 1. The maximum atomic E-state index is 5.93. The minimum absolute atomic E-state index is 0.767. The van der Waals surface area contributed by atoms with Gasteiger partial charge in [-0.15, -0.1) is 0 Å². The molecule has 0 spiro atoms. The Balaban J connectivity index is 2.22. The molecule has 1 aromatic rings. The van der Waals surface area contributed by atoms with Gasteiger partial charge in [-0.25, -0.2) is 0 Å². The largest absolute Gasteiger partial charge is 0.384 e. The second-order valence-corrected chi connectivity index (χ2v) is 4.50. The van der Waals surface area contributed by atoms with Crippen molar-refractivity contribution in [3.8, 4) is 0 Å². The van der Waals surface area contributed by atoms with E-state index >= 15 is 0 Å². The molecule has 0 saturated heterocycles. The van der Waals surface area contributed by atoms with Gasteiger partial charge in [0.2, 0.25) is 0 Å². The lowest BCUT2D eigenvalue weighted by molar-refractivity contribution is 0.117. The number of anilines is 1. The number of ether oxygens (including phenoxy) is 1. The van der Waals surface area contributed by atoms with Crippen molar-refractivity contribution in [2.75, 3.05) is 44.7 Å². The zero-order chi connectivity index (χ0) is 13.2. The van der Waals surface area contributed by atoms with Crippen LogP contribution in [0.5, 0.6) is 0 Å². The van der Waals surface area contributed by atoms with Gasteiger partial charge in [-0.3, -0.25) is 4.90 Å². The molecule has 0 amide bonds. The molecule has 1 aromatic carbocycles. The molecular formula is C14H23ClN2O. The van der Waals surface area contributed by atoms with Gasteiger partial charge in [-0.2, -0.15) is 0 Å². The third kappa shape index (κ3) is 6.24. The summed E-state index contributed by atoms with van der Waals surface area (Å²) in [6.45, 7) is 9.75. The van der Waals surface area contributed by atoms with Crippen LogP contribution in [0.3, 0.4) is 0 Å². The molecule has 0 aliphatic rings. The summed E-state index contributed by atoms with van der Waals surface area (Å²) in [6.07, 6.45) is 0. The molecule has 0 aliphatic carbocycles. The van der Waals surface area contributed by atoms with Crippen LogP contribution in [0.15, 0.2) is 24.3 Å². The zero-order valence-electron chi connectivity index (χ0n) is 11.3. The molecule has 0 aromatic heterocycles. The Kier molecular flexibility index (Phi) is 7.81. The first-order valence-electron chi connectivity index (χ1n) is 6.55. The maximum Gasteiger partial charge on any atom is 0.0593 e. The molecular weight excluding hydrogens is 248 g/mol. The fraction of sp³-hybridized carbons (Fsp3) is 0.571. The molecule has 3 nitrogen and oxygen atoms in total. The number of hydrogen-bond acceptors (Lipinski definition) is 3. The molecule has 0 saturated carbocycles. The Bertz CT molecular complexity index is 333. The van der Waals surface area contributed by atoms with Crippen molar-refractivity contribution in [2.24, 2.45) is 0 Å². The summed E-state index contributed by atoms with van der Waals surface area (Å²) < 4.78 is 5.37. The van der Waals surface area contributed by atoms with E-state index in [0.29, 0.717) is 0 Å². The van der Waals surface area contributed by atoms with Crippen LogP contribution in [-0.4, -0.2) is 44.3 Å². The fourth-order valence-electron chi connectivity index (χ4n) is 1.72. The summed E-state index contributed by atoms with van der Waals surface area (Å²) in [5.74, 6) is 0. The number of nitrogens with zero attached hydrogens (tertiary/aromatic N) is 1. The highest BCUT2D eigenvalue weighted by Crippen LogP contribution is 2.14. The highest BCUT2D eigenvalue weighted by atomic mass is 35.5. The lowest BCUT2D eigenvalue weighted by atomic mass is 10.3. The van der Waals surface area contributed by atoms with E-state index in [0.717, 1.165) is 50.1 Å². The maximum absolute atomic E-state index is 5.93. The van der Waals surface area contributed by atoms with Crippen LogP contribution in [0.1, 0.15) is 13.8 Å². The minimum Gasteiger partial charge on any atom is -0.384 e. The van der Waals surface area contributed by atoms with Crippen LogP contribution in [0, 0.1) is 0 Å². The van der Waals surface area contributed by atoms with E-state index in [9.17, 15) is 0 Å². The second-order valence-electron chi connectivity index (χ2n) is 4.07. The van der Waals surface area contributed by atoms with Gasteiger partial charge in [-0.05, 0) is 31.7 Å². The van der Waals surface area contributed by atoms with Crippen molar-refractivity contribution in [2.45, 2.75) is 13.8 Å². The Hall–Kier alpha value is -0.770. The highest BCUT2D eigenvalue weighted by Gasteiger charge is 2.01. The van der Waals surface area contributed by atoms with E-state index in [2.05, 4.69) is 17.1 Å². The first-order chi connectivity index (χ1) is 8.76. The third-order valence-corrected chi connectivity index (χ3v) is 3.02. The van der Waals surface area contributed by atoms with Crippen LogP contribution in [0.2, 0.25) is 5.02 Å². The van der Waals surface area contributed by atoms with Gasteiger partial charge in [0.05, 0.1) is 6.61 Å². The quantitative estimate of drug-likeness (QED) is 0.698. The Morgan fingerprint density at radius 2 is 2.11 bits per heavy atom. The lowest BCUT2D eigenvalue weighted by Gasteiger charge is -2.20. The van der Waals surface area contributed by atoms with Crippen molar-refractivity contribution in [3.05, 3.63) is 29.3 Å². The number of rotatable bonds is 9.